The number of sulfonamides is 1. The lowest BCUT2D eigenvalue weighted by atomic mass is 10.1. The zero-order valence-electron chi connectivity index (χ0n) is 17.1. The molecule has 1 aromatic carbocycles. The van der Waals surface area contributed by atoms with Crippen molar-refractivity contribution >= 4 is 32.4 Å². The second kappa shape index (κ2) is 8.72. The van der Waals surface area contributed by atoms with Crippen LogP contribution in [0.3, 0.4) is 0 Å². The van der Waals surface area contributed by atoms with Gasteiger partial charge in [0.15, 0.2) is 5.13 Å². The van der Waals surface area contributed by atoms with Crippen LogP contribution in [0.1, 0.15) is 34.8 Å². The van der Waals surface area contributed by atoms with E-state index in [1.54, 1.807) is 0 Å². The van der Waals surface area contributed by atoms with Crippen LogP contribution >= 0.6 is 11.3 Å². The molecule has 0 bridgehead atoms. The van der Waals surface area contributed by atoms with Crippen molar-refractivity contribution in [2.24, 2.45) is 0 Å². The molecule has 2 aliphatic heterocycles. The second-order valence-corrected chi connectivity index (χ2v) is 10.7. The number of nitrogens with zero attached hydrogens (tertiary/aromatic N) is 3. The van der Waals surface area contributed by atoms with Crippen LogP contribution in [0.15, 0.2) is 29.2 Å². The van der Waals surface area contributed by atoms with Crippen LogP contribution in [0.5, 0.6) is 0 Å². The average molecular weight is 451 g/mol. The Hall–Kier alpha value is -1.85. The summed E-state index contributed by atoms with van der Waals surface area (Å²) >= 11 is 1.51. The SMILES string of the molecule is CC(C)N1CCc2nc(NC(=O)c3ccc(S(=O)(=O)N4CCOCC4)cc3)sc2C1. The van der Waals surface area contributed by atoms with Crippen LogP contribution < -0.4 is 5.32 Å². The Morgan fingerprint density at radius 1 is 1.17 bits per heavy atom. The van der Waals surface area contributed by atoms with Gasteiger partial charge in [-0.2, -0.15) is 4.31 Å². The molecule has 1 amide bonds. The molecule has 0 saturated carbocycles. The number of benzene rings is 1. The molecule has 1 fully saturated rings. The van der Waals surface area contributed by atoms with Crippen LogP contribution in [0.4, 0.5) is 5.13 Å². The van der Waals surface area contributed by atoms with Crippen LogP contribution in [0.25, 0.3) is 0 Å². The van der Waals surface area contributed by atoms with E-state index in [-0.39, 0.29) is 10.8 Å². The fourth-order valence-electron chi connectivity index (χ4n) is 3.59. The highest BCUT2D eigenvalue weighted by molar-refractivity contribution is 7.89. The average Bonchev–Trinajstić information content (AvgIpc) is 3.15. The molecule has 0 unspecified atom stereocenters. The minimum Gasteiger partial charge on any atom is -0.379 e. The highest BCUT2D eigenvalue weighted by Crippen LogP contribution is 2.29. The van der Waals surface area contributed by atoms with Gasteiger partial charge < -0.3 is 4.74 Å². The number of amides is 1. The zero-order chi connectivity index (χ0) is 21.3. The lowest BCUT2D eigenvalue weighted by Gasteiger charge is -2.29. The number of thiazole rings is 1. The van der Waals surface area contributed by atoms with Gasteiger partial charge in [-0.25, -0.2) is 13.4 Å². The van der Waals surface area contributed by atoms with Gasteiger partial charge in [0, 0.05) is 49.1 Å². The van der Waals surface area contributed by atoms with Gasteiger partial charge in [0.25, 0.3) is 5.91 Å². The van der Waals surface area contributed by atoms with Gasteiger partial charge in [-0.05, 0) is 38.1 Å². The molecule has 2 aliphatic rings. The van der Waals surface area contributed by atoms with E-state index in [4.69, 9.17) is 4.74 Å². The van der Waals surface area contributed by atoms with Gasteiger partial charge in [0.1, 0.15) is 0 Å². The molecule has 1 saturated heterocycles. The first-order valence-electron chi connectivity index (χ1n) is 10.1. The first-order valence-corrected chi connectivity index (χ1v) is 12.3. The predicted molar refractivity (Wildman–Crippen MR) is 115 cm³/mol. The maximum absolute atomic E-state index is 12.7. The fourth-order valence-corrected chi connectivity index (χ4v) is 6.03. The van der Waals surface area contributed by atoms with Gasteiger partial charge in [-0.1, -0.05) is 0 Å². The van der Waals surface area contributed by atoms with E-state index in [1.807, 2.05) is 0 Å². The fraction of sp³-hybridized carbons (Fsp3) is 0.500. The lowest BCUT2D eigenvalue weighted by Crippen LogP contribution is -2.40. The molecule has 4 rings (SSSR count). The summed E-state index contributed by atoms with van der Waals surface area (Å²) < 4.78 is 32.0. The number of nitrogens with one attached hydrogen (secondary N) is 1. The maximum atomic E-state index is 12.7. The molecule has 162 valence electrons. The molecule has 30 heavy (non-hydrogen) atoms. The van der Waals surface area contributed by atoms with E-state index in [1.165, 1.54) is 44.8 Å². The van der Waals surface area contributed by atoms with Crippen LogP contribution in [0, 0.1) is 0 Å². The van der Waals surface area contributed by atoms with E-state index in [0.29, 0.717) is 43.0 Å². The molecule has 1 N–H and O–H groups in total. The van der Waals surface area contributed by atoms with Crippen molar-refractivity contribution < 1.29 is 17.9 Å². The number of hydrogen-bond donors (Lipinski definition) is 1. The summed E-state index contributed by atoms with van der Waals surface area (Å²) in [5, 5.41) is 3.44. The van der Waals surface area contributed by atoms with Crippen molar-refractivity contribution in [3.63, 3.8) is 0 Å². The van der Waals surface area contributed by atoms with Crippen molar-refractivity contribution in [1.29, 1.82) is 0 Å². The van der Waals surface area contributed by atoms with E-state index in [2.05, 4.69) is 29.0 Å². The van der Waals surface area contributed by atoms with Crippen molar-refractivity contribution in [3.05, 3.63) is 40.4 Å². The Balaban J connectivity index is 1.44. The largest absolute Gasteiger partial charge is 0.379 e. The summed E-state index contributed by atoms with van der Waals surface area (Å²) in [5.74, 6) is -0.294. The van der Waals surface area contributed by atoms with Crippen molar-refractivity contribution in [3.8, 4) is 0 Å². The number of rotatable bonds is 5. The Morgan fingerprint density at radius 2 is 1.87 bits per heavy atom. The highest BCUT2D eigenvalue weighted by Gasteiger charge is 2.27. The minimum absolute atomic E-state index is 0.180. The number of fused-ring (bicyclic) bond motifs is 1. The third-order valence-corrected chi connectivity index (χ3v) is 8.35. The summed E-state index contributed by atoms with van der Waals surface area (Å²) in [6.07, 6.45) is 0.883. The molecule has 1 aromatic heterocycles. The van der Waals surface area contributed by atoms with E-state index in [9.17, 15) is 13.2 Å². The Morgan fingerprint density at radius 3 is 2.53 bits per heavy atom. The molecular weight excluding hydrogens is 424 g/mol. The topological polar surface area (TPSA) is 91.8 Å². The zero-order valence-corrected chi connectivity index (χ0v) is 18.8. The molecule has 2 aromatic rings. The number of ether oxygens (including phenoxy) is 1. The number of anilines is 1. The third-order valence-electron chi connectivity index (χ3n) is 5.44. The third kappa shape index (κ3) is 4.42. The van der Waals surface area contributed by atoms with Gasteiger partial charge in [-0.3, -0.25) is 15.0 Å². The normalized spacial score (nSPS) is 18.4. The van der Waals surface area contributed by atoms with Crippen LogP contribution in [-0.4, -0.2) is 67.4 Å². The number of hydrogen-bond acceptors (Lipinski definition) is 7. The number of carbonyl (C=O) groups is 1. The first-order chi connectivity index (χ1) is 14.3. The van der Waals surface area contributed by atoms with Crippen molar-refractivity contribution in [2.75, 3.05) is 38.2 Å². The molecule has 0 radical (unpaired) electrons. The van der Waals surface area contributed by atoms with Gasteiger partial charge >= 0.3 is 0 Å². The van der Waals surface area contributed by atoms with Crippen LogP contribution in [0.2, 0.25) is 0 Å². The van der Waals surface area contributed by atoms with Crippen LogP contribution in [-0.2, 0) is 27.7 Å². The standard InChI is InChI=1S/C20H26N4O4S2/c1-14(2)23-8-7-17-18(13-23)29-20(21-17)22-19(25)15-3-5-16(6-4-15)30(26,27)24-9-11-28-12-10-24/h3-6,14H,7-13H2,1-2H3,(H,21,22,25). The Bertz CT molecular complexity index is 1010. The quantitative estimate of drug-likeness (QED) is 0.751. The van der Waals surface area contributed by atoms with Crippen molar-refractivity contribution in [2.45, 2.75) is 37.8 Å². The molecule has 8 nitrogen and oxygen atoms in total. The number of carbonyl (C=O) groups excluding carboxylic acids is 1. The van der Waals surface area contributed by atoms with E-state index < -0.39 is 10.0 Å². The maximum Gasteiger partial charge on any atom is 0.257 e. The molecule has 10 heteroatoms. The number of aromatic nitrogens is 1. The molecular formula is C20H26N4O4S2. The molecule has 0 aliphatic carbocycles. The lowest BCUT2D eigenvalue weighted by molar-refractivity contribution is 0.0730. The Kier molecular flexibility index (Phi) is 6.21. The summed E-state index contributed by atoms with van der Waals surface area (Å²) in [5.41, 5.74) is 1.45. The minimum atomic E-state index is -3.57. The van der Waals surface area contributed by atoms with Gasteiger partial charge in [0.05, 0.1) is 23.8 Å². The second-order valence-electron chi connectivity index (χ2n) is 7.70. The summed E-state index contributed by atoms with van der Waals surface area (Å²) in [6, 6.07) is 6.51. The van der Waals surface area contributed by atoms with Gasteiger partial charge in [-0.15, -0.1) is 11.3 Å². The summed E-state index contributed by atoms with van der Waals surface area (Å²) in [7, 11) is -3.57. The molecule has 3 heterocycles. The smallest absolute Gasteiger partial charge is 0.257 e. The predicted octanol–water partition coefficient (Wildman–Crippen LogP) is 2.18. The van der Waals surface area contributed by atoms with E-state index in [0.717, 1.165) is 25.2 Å². The highest BCUT2D eigenvalue weighted by atomic mass is 32.2. The summed E-state index contributed by atoms with van der Waals surface area (Å²) in [6.45, 7) is 7.66. The first kappa shape index (κ1) is 21.4. The van der Waals surface area contributed by atoms with Crippen molar-refractivity contribution in [1.82, 2.24) is 14.2 Å². The Labute approximate surface area is 180 Å². The van der Waals surface area contributed by atoms with Gasteiger partial charge in [0.2, 0.25) is 10.0 Å². The molecule has 0 atom stereocenters. The number of morpholine rings is 1. The monoisotopic (exact) mass is 450 g/mol. The molecule has 0 spiro atoms. The van der Waals surface area contributed by atoms with E-state index >= 15 is 0 Å². The summed E-state index contributed by atoms with van der Waals surface area (Å²) in [4.78, 5) is 21.0.